The first-order valence-electron chi connectivity index (χ1n) is 5.44. The van der Waals surface area contributed by atoms with Crippen LogP contribution < -0.4 is 0 Å². The van der Waals surface area contributed by atoms with Crippen LogP contribution in [0.2, 0.25) is 0 Å². The van der Waals surface area contributed by atoms with Crippen LogP contribution in [0.3, 0.4) is 0 Å². The van der Waals surface area contributed by atoms with Crippen LogP contribution >= 0.6 is 0 Å². The summed E-state index contributed by atoms with van der Waals surface area (Å²) >= 11 is 0. The van der Waals surface area contributed by atoms with Crippen LogP contribution in [-0.4, -0.2) is 10.9 Å². The molecule has 0 fully saturated rings. The van der Waals surface area contributed by atoms with E-state index in [9.17, 15) is 4.79 Å². The average molecular weight is 213 g/mol. The van der Waals surface area contributed by atoms with Gasteiger partial charge in [0.2, 0.25) is 0 Å². The van der Waals surface area contributed by atoms with Gasteiger partial charge in [-0.25, -0.2) is 0 Å². The van der Waals surface area contributed by atoms with E-state index in [1.165, 1.54) is 11.1 Å². The number of carbonyl (C=O) groups excluding carboxylic acids is 1. The minimum Gasteiger partial charge on any atom is -0.348 e. The summed E-state index contributed by atoms with van der Waals surface area (Å²) in [4.78, 5) is 10.7. The van der Waals surface area contributed by atoms with Crippen LogP contribution in [0.5, 0.6) is 0 Å². The number of hydrogen-bond acceptors (Lipinski definition) is 1. The SMILES string of the molecule is Cn1cc(CCc2ccccc2)cc1C=O. The third-order valence-corrected chi connectivity index (χ3v) is 2.77. The summed E-state index contributed by atoms with van der Waals surface area (Å²) in [5, 5.41) is 0. The predicted molar refractivity (Wildman–Crippen MR) is 64.7 cm³/mol. The highest BCUT2D eigenvalue weighted by Gasteiger charge is 2.02. The predicted octanol–water partition coefficient (Wildman–Crippen LogP) is 2.62. The first kappa shape index (κ1) is 10.7. The van der Waals surface area contributed by atoms with Crippen LogP contribution in [-0.2, 0) is 19.9 Å². The second-order valence-corrected chi connectivity index (χ2v) is 3.99. The van der Waals surface area contributed by atoms with Gasteiger partial charge in [0, 0.05) is 13.2 Å². The van der Waals surface area contributed by atoms with Crippen molar-refractivity contribution in [2.75, 3.05) is 0 Å². The van der Waals surface area contributed by atoms with Crippen molar-refractivity contribution in [3.8, 4) is 0 Å². The lowest BCUT2D eigenvalue weighted by atomic mass is 10.1. The maximum absolute atomic E-state index is 10.7. The Labute approximate surface area is 95.5 Å². The molecule has 0 aliphatic rings. The van der Waals surface area contributed by atoms with Crippen LogP contribution in [0.15, 0.2) is 42.6 Å². The van der Waals surface area contributed by atoms with Gasteiger partial charge in [0.1, 0.15) is 0 Å². The molecule has 0 saturated heterocycles. The minimum absolute atomic E-state index is 0.739. The summed E-state index contributed by atoms with van der Waals surface area (Å²) in [6, 6.07) is 12.3. The molecule has 0 aliphatic carbocycles. The molecule has 1 aromatic heterocycles. The van der Waals surface area contributed by atoms with E-state index in [4.69, 9.17) is 0 Å². The fourth-order valence-electron chi connectivity index (χ4n) is 1.84. The molecule has 0 atom stereocenters. The number of aromatic nitrogens is 1. The Morgan fingerprint density at radius 1 is 1.12 bits per heavy atom. The van der Waals surface area contributed by atoms with Crippen molar-refractivity contribution in [1.29, 1.82) is 0 Å². The molecule has 2 rings (SSSR count). The van der Waals surface area contributed by atoms with Crippen LogP contribution in [0, 0.1) is 0 Å². The molecule has 0 aliphatic heterocycles. The zero-order valence-corrected chi connectivity index (χ0v) is 9.39. The minimum atomic E-state index is 0.739. The Kier molecular flexibility index (Phi) is 3.20. The third kappa shape index (κ3) is 2.40. The molecule has 0 saturated carbocycles. The molecular formula is C14H15NO. The van der Waals surface area contributed by atoms with E-state index in [0.29, 0.717) is 0 Å². The summed E-state index contributed by atoms with van der Waals surface area (Å²) in [6.45, 7) is 0. The van der Waals surface area contributed by atoms with Crippen LogP contribution in [0.4, 0.5) is 0 Å². The molecule has 0 bridgehead atoms. The highest BCUT2D eigenvalue weighted by atomic mass is 16.1. The van der Waals surface area contributed by atoms with Crippen molar-refractivity contribution in [2.45, 2.75) is 12.8 Å². The topological polar surface area (TPSA) is 22.0 Å². The van der Waals surface area contributed by atoms with Crippen molar-refractivity contribution in [2.24, 2.45) is 7.05 Å². The number of nitrogens with zero attached hydrogens (tertiary/aromatic N) is 1. The van der Waals surface area contributed by atoms with Crippen LogP contribution in [0.25, 0.3) is 0 Å². The third-order valence-electron chi connectivity index (χ3n) is 2.77. The van der Waals surface area contributed by atoms with Gasteiger partial charge in [0.15, 0.2) is 6.29 Å². The average Bonchev–Trinajstić information content (AvgIpc) is 2.69. The lowest BCUT2D eigenvalue weighted by molar-refractivity contribution is 0.111. The molecule has 0 spiro atoms. The van der Waals surface area contributed by atoms with Crippen molar-refractivity contribution in [3.05, 3.63) is 59.4 Å². The van der Waals surface area contributed by atoms with Crippen molar-refractivity contribution >= 4 is 6.29 Å². The van der Waals surface area contributed by atoms with Gasteiger partial charge < -0.3 is 4.57 Å². The van der Waals surface area contributed by atoms with Crippen LogP contribution in [0.1, 0.15) is 21.6 Å². The van der Waals surface area contributed by atoms with E-state index in [0.717, 1.165) is 24.8 Å². The number of hydrogen-bond donors (Lipinski definition) is 0. The van der Waals surface area contributed by atoms with Crippen molar-refractivity contribution < 1.29 is 4.79 Å². The Bertz CT molecular complexity index is 471. The first-order valence-corrected chi connectivity index (χ1v) is 5.44. The molecule has 2 aromatic rings. The molecule has 82 valence electrons. The van der Waals surface area contributed by atoms with E-state index in [-0.39, 0.29) is 0 Å². The van der Waals surface area contributed by atoms with Gasteiger partial charge in [-0.15, -0.1) is 0 Å². The van der Waals surface area contributed by atoms with E-state index in [2.05, 4.69) is 24.3 Å². The highest BCUT2D eigenvalue weighted by Crippen LogP contribution is 2.09. The van der Waals surface area contributed by atoms with Gasteiger partial charge in [0.05, 0.1) is 5.69 Å². The normalized spacial score (nSPS) is 10.3. The second-order valence-electron chi connectivity index (χ2n) is 3.99. The smallest absolute Gasteiger partial charge is 0.166 e. The fraction of sp³-hybridized carbons (Fsp3) is 0.214. The molecule has 16 heavy (non-hydrogen) atoms. The molecule has 1 aromatic carbocycles. The molecule has 0 unspecified atom stereocenters. The Morgan fingerprint density at radius 2 is 1.81 bits per heavy atom. The second kappa shape index (κ2) is 4.79. The quantitative estimate of drug-likeness (QED) is 0.715. The highest BCUT2D eigenvalue weighted by molar-refractivity contribution is 5.72. The number of rotatable bonds is 4. The maximum atomic E-state index is 10.7. The van der Waals surface area contributed by atoms with Gasteiger partial charge in [-0.1, -0.05) is 30.3 Å². The summed E-state index contributed by atoms with van der Waals surface area (Å²) in [6.07, 6.45) is 4.91. The molecular weight excluding hydrogens is 198 g/mol. The Balaban J connectivity index is 2.02. The number of benzene rings is 1. The molecule has 1 heterocycles. The number of aldehydes is 1. The molecule has 0 radical (unpaired) electrons. The lowest BCUT2D eigenvalue weighted by Crippen LogP contribution is -1.91. The zero-order chi connectivity index (χ0) is 11.4. The largest absolute Gasteiger partial charge is 0.348 e. The Morgan fingerprint density at radius 3 is 2.44 bits per heavy atom. The molecule has 2 nitrogen and oxygen atoms in total. The first-order chi connectivity index (χ1) is 7.79. The standard InChI is InChI=1S/C14H15NO/c1-15-10-13(9-14(15)11-16)8-7-12-5-3-2-4-6-12/h2-6,9-11H,7-8H2,1H3. The van der Waals surface area contributed by atoms with Gasteiger partial charge in [-0.2, -0.15) is 0 Å². The lowest BCUT2D eigenvalue weighted by Gasteiger charge is -1.98. The van der Waals surface area contributed by atoms with E-state index in [1.54, 1.807) is 0 Å². The van der Waals surface area contributed by atoms with E-state index >= 15 is 0 Å². The summed E-state index contributed by atoms with van der Waals surface area (Å²) in [5.74, 6) is 0. The van der Waals surface area contributed by atoms with Gasteiger partial charge in [0.25, 0.3) is 0 Å². The van der Waals surface area contributed by atoms with Crippen molar-refractivity contribution in [3.63, 3.8) is 0 Å². The van der Waals surface area contributed by atoms with Gasteiger partial charge in [-0.05, 0) is 30.0 Å². The Hall–Kier alpha value is -1.83. The summed E-state index contributed by atoms with van der Waals surface area (Å²) in [7, 11) is 1.90. The van der Waals surface area contributed by atoms with Crippen molar-refractivity contribution in [1.82, 2.24) is 4.57 Å². The monoisotopic (exact) mass is 213 g/mol. The number of carbonyl (C=O) groups is 1. The van der Waals surface area contributed by atoms with Gasteiger partial charge in [-0.3, -0.25) is 4.79 Å². The summed E-state index contributed by atoms with van der Waals surface area (Å²) in [5.41, 5.74) is 3.29. The maximum Gasteiger partial charge on any atom is 0.166 e. The van der Waals surface area contributed by atoms with E-state index < -0.39 is 0 Å². The molecule has 0 amide bonds. The van der Waals surface area contributed by atoms with Gasteiger partial charge >= 0.3 is 0 Å². The summed E-state index contributed by atoms with van der Waals surface area (Å²) < 4.78 is 1.87. The molecule has 0 N–H and O–H groups in total. The number of aryl methyl sites for hydroxylation is 3. The fourth-order valence-corrected chi connectivity index (χ4v) is 1.84. The molecule has 2 heteroatoms. The zero-order valence-electron chi connectivity index (χ0n) is 9.39. The van der Waals surface area contributed by atoms with E-state index in [1.807, 2.05) is 29.9 Å².